The standard InChI is InChI=1S/C27H33N3O3S2.C2HF3O2.CH5N/c1-4-35(31,32)30-9-7-20(8-10-30)26-15-28-27-19(2)12-21(14-25(26)27)22-13-24(34-18-22)17-29(3)16-23-6-5-11-33-23;3-2(4,5)1(6)7;1-2/h5-6,11-15,18,20,28H,4,7-10,16-17H2,1-3H3;(H,6,7);2H2,1H3. The maximum atomic E-state index is 12.3. The number of alkyl halides is 3. The number of carboxylic acids is 1. The zero-order valence-corrected chi connectivity index (χ0v) is 26.8. The van der Waals surface area contributed by atoms with Crippen molar-refractivity contribution in [3.8, 4) is 11.1 Å². The first-order valence-corrected chi connectivity index (χ1v) is 16.5. The molecule has 0 radical (unpaired) electrons. The highest BCUT2D eigenvalue weighted by Gasteiger charge is 2.38. The summed E-state index contributed by atoms with van der Waals surface area (Å²) in [5, 5.41) is 10.6. The number of nitrogens with zero attached hydrogens (tertiary/aromatic N) is 2. The smallest absolute Gasteiger partial charge is 0.475 e. The molecule has 9 nitrogen and oxygen atoms in total. The van der Waals surface area contributed by atoms with Crippen molar-refractivity contribution in [1.29, 1.82) is 0 Å². The molecule has 0 atom stereocenters. The molecule has 1 aliphatic rings. The van der Waals surface area contributed by atoms with Crippen LogP contribution in [-0.2, 0) is 27.9 Å². The second-order valence-corrected chi connectivity index (χ2v) is 13.6. The van der Waals surface area contributed by atoms with Crippen LogP contribution >= 0.6 is 11.3 Å². The van der Waals surface area contributed by atoms with E-state index in [-0.39, 0.29) is 5.75 Å². The SMILES string of the molecule is CCS(=O)(=O)N1CCC(c2c[nH]c3c(C)cc(-c4csc(CN(C)Cc5ccco5)c4)cc23)CC1.CN.O=C(O)C(F)(F)F. The minimum Gasteiger partial charge on any atom is -0.475 e. The Kier molecular flexibility index (Phi) is 12.2. The zero-order valence-electron chi connectivity index (χ0n) is 25.1. The predicted molar refractivity (Wildman–Crippen MR) is 167 cm³/mol. The van der Waals surface area contributed by atoms with Crippen LogP contribution in [0.25, 0.3) is 22.0 Å². The van der Waals surface area contributed by atoms with Gasteiger partial charge in [-0.3, -0.25) is 4.90 Å². The number of thiophene rings is 1. The average molecular weight is 657 g/mol. The Balaban J connectivity index is 0.000000520. The minimum absolute atomic E-state index is 0.175. The van der Waals surface area contributed by atoms with E-state index >= 15 is 0 Å². The Bertz CT molecular complexity index is 1610. The molecule has 1 saturated heterocycles. The molecule has 4 aromatic rings. The monoisotopic (exact) mass is 656 g/mol. The lowest BCUT2D eigenvalue weighted by Crippen LogP contribution is -2.38. The molecule has 0 spiro atoms. The van der Waals surface area contributed by atoms with Crippen LogP contribution in [0.15, 0.2) is 52.6 Å². The fourth-order valence-corrected chi connectivity index (χ4v) is 7.28. The molecular formula is C30H39F3N4O5S2. The first-order chi connectivity index (χ1) is 20.8. The summed E-state index contributed by atoms with van der Waals surface area (Å²) in [6, 6.07) is 10.8. The predicted octanol–water partition coefficient (Wildman–Crippen LogP) is 6.17. The number of aromatic amines is 1. The van der Waals surface area contributed by atoms with Gasteiger partial charge in [0.25, 0.3) is 0 Å². The average Bonchev–Trinajstić information content (AvgIpc) is 3.76. The molecule has 1 fully saturated rings. The van der Waals surface area contributed by atoms with Crippen molar-refractivity contribution >= 4 is 38.2 Å². The number of H-pyrrole nitrogens is 1. The molecule has 1 aliphatic heterocycles. The number of aromatic nitrogens is 1. The first kappa shape index (κ1) is 35.3. The van der Waals surface area contributed by atoms with Gasteiger partial charge in [-0.15, -0.1) is 11.3 Å². The van der Waals surface area contributed by atoms with Crippen molar-refractivity contribution in [2.24, 2.45) is 5.73 Å². The van der Waals surface area contributed by atoms with Gasteiger partial charge in [0, 0.05) is 41.6 Å². The van der Waals surface area contributed by atoms with Gasteiger partial charge in [-0.2, -0.15) is 13.2 Å². The molecule has 0 aliphatic carbocycles. The van der Waals surface area contributed by atoms with Crippen molar-refractivity contribution < 1.29 is 35.9 Å². The molecule has 44 heavy (non-hydrogen) atoms. The van der Waals surface area contributed by atoms with Gasteiger partial charge in [0.1, 0.15) is 5.76 Å². The molecular weight excluding hydrogens is 617 g/mol. The lowest BCUT2D eigenvalue weighted by Gasteiger charge is -2.31. The van der Waals surface area contributed by atoms with E-state index in [2.05, 4.69) is 59.4 Å². The molecule has 1 aromatic carbocycles. The van der Waals surface area contributed by atoms with Crippen molar-refractivity contribution in [3.05, 3.63) is 69.9 Å². The van der Waals surface area contributed by atoms with Crippen molar-refractivity contribution in [1.82, 2.24) is 14.2 Å². The summed E-state index contributed by atoms with van der Waals surface area (Å²) in [5.74, 6) is -1.24. The number of fused-ring (bicyclic) bond motifs is 1. The van der Waals surface area contributed by atoms with Crippen molar-refractivity contribution in [2.45, 2.75) is 51.9 Å². The van der Waals surface area contributed by atoms with Gasteiger partial charge in [-0.25, -0.2) is 17.5 Å². The van der Waals surface area contributed by atoms with E-state index in [1.165, 1.54) is 45.1 Å². The first-order valence-electron chi connectivity index (χ1n) is 14.0. The summed E-state index contributed by atoms with van der Waals surface area (Å²) in [6.45, 7) is 6.75. The quantitative estimate of drug-likeness (QED) is 0.207. The molecule has 3 aromatic heterocycles. The Hall–Kier alpha value is -3.17. The summed E-state index contributed by atoms with van der Waals surface area (Å²) >= 11 is 1.79. The number of rotatable bonds is 8. The van der Waals surface area contributed by atoms with E-state index in [1.807, 2.05) is 12.1 Å². The fourth-order valence-electron chi connectivity index (χ4n) is 5.17. The summed E-state index contributed by atoms with van der Waals surface area (Å²) in [5.41, 5.74) is 10.7. The third kappa shape index (κ3) is 8.94. The van der Waals surface area contributed by atoms with Gasteiger partial charge < -0.3 is 20.2 Å². The number of carboxylic acid groups (broad SMARTS) is 1. The maximum absolute atomic E-state index is 12.3. The molecule has 0 unspecified atom stereocenters. The minimum atomic E-state index is -5.08. The number of halogens is 3. The van der Waals surface area contributed by atoms with Crippen molar-refractivity contribution in [2.75, 3.05) is 32.9 Å². The molecule has 0 amide bonds. The largest absolute Gasteiger partial charge is 0.490 e. The number of carbonyl (C=O) groups is 1. The number of nitrogens with one attached hydrogen (secondary N) is 1. The number of benzene rings is 1. The van der Waals surface area contributed by atoms with Gasteiger partial charge in [0.15, 0.2) is 0 Å². The van der Waals surface area contributed by atoms with E-state index in [1.54, 1.807) is 28.8 Å². The Labute approximate surface area is 259 Å². The zero-order chi connectivity index (χ0) is 32.7. The number of nitrogens with two attached hydrogens (primary N) is 1. The van der Waals surface area contributed by atoms with Crippen LogP contribution in [0.2, 0.25) is 0 Å². The summed E-state index contributed by atoms with van der Waals surface area (Å²) in [7, 11) is 0.504. The van der Waals surface area contributed by atoms with E-state index in [4.69, 9.17) is 14.3 Å². The molecule has 4 heterocycles. The second-order valence-electron chi connectivity index (χ2n) is 10.4. The lowest BCUT2D eigenvalue weighted by atomic mass is 9.89. The molecule has 242 valence electrons. The second kappa shape index (κ2) is 15.2. The van der Waals surface area contributed by atoms with E-state index in [0.717, 1.165) is 31.7 Å². The lowest BCUT2D eigenvalue weighted by molar-refractivity contribution is -0.192. The van der Waals surface area contributed by atoms with Crippen LogP contribution in [0, 0.1) is 6.92 Å². The number of hydrogen-bond acceptors (Lipinski definition) is 7. The van der Waals surface area contributed by atoms with Crippen LogP contribution < -0.4 is 5.73 Å². The van der Waals surface area contributed by atoms with Crippen LogP contribution in [0.1, 0.15) is 47.4 Å². The molecule has 5 rings (SSSR count). The molecule has 0 bridgehead atoms. The molecule has 4 N–H and O–H groups in total. The van der Waals surface area contributed by atoms with E-state index < -0.39 is 22.2 Å². The van der Waals surface area contributed by atoms with Gasteiger partial charge in [-0.1, -0.05) is 0 Å². The third-order valence-corrected chi connectivity index (χ3v) is 10.1. The highest BCUT2D eigenvalue weighted by molar-refractivity contribution is 7.89. The van der Waals surface area contributed by atoms with Gasteiger partial charge >= 0.3 is 12.1 Å². The van der Waals surface area contributed by atoms with Crippen LogP contribution in [0.4, 0.5) is 13.2 Å². The summed E-state index contributed by atoms with van der Waals surface area (Å²) in [4.78, 5) is 16.0. The van der Waals surface area contributed by atoms with Crippen LogP contribution in [0.3, 0.4) is 0 Å². The molecule has 14 heteroatoms. The highest BCUT2D eigenvalue weighted by atomic mass is 32.2. The van der Waals surface area contributed by atoms with E-state index in [9.17, 15) is 21.6 Å². The fraction of sp³-hybridized carbons (Fsp3) is 0.433. The van der Waals surface area contributed by atoms with Gasteiger partial charge in [0.2, 0.25) is 10.0 Å². The highest BCUT2D eigenvalue weighted by Crippen LogP contribution is 2.38. The number of furan rings is 1. The van der Waals surface area contributed by atoms with E-state index in [0.29, 0.717) is 19.0 Å². The normalized spacial score (nSPS) is 14.7. The Morgan fingerprint density at radius 2 is 1.84 bits per heavy atom. The molecule has 0 saturated carbocycles. The number of piperidine rings is 1. The number of aryl methyl sites for hydroxylation is 1. The Morgan fingerprint density at radius 1 is 1.18 bits per heavy atom. The number of hydrogen-bond donors (Lipinski definition) is 3. The van der Waals surface area contributed by atoms with Crippen molar-refractivity contribution in [3.63, 3.8) is 0 Å². The topological polar surface area (TPSA) is 133 Å². The summed E-state index contributed by atoms with van der Waals surface area (Å²) in [6.07, 6.45) is 0.495. The van der Waals surface area contributed by atoms with Gasteiger partial charge in [0.05, 0.1) is 18.6 Å². The van der Waals surface area contributed by atoms with Crippen LogP contribution in [-0.4, -0.2) is 72.8 Å². The number of aliphatic carboxylic acids is 1. The van der Waals surface area contributed by atoms with Gasteiger partial charge in [-0.05, 0) is 105 Å². The Morgan fingerprint density at radius 3 is 2.41 bits per heavy atom. The summed E-state index contributed by atoms with van der Waals surface area (Å²) < 4.78 is 63.4. The number of sulfonamides is 1. The van der Waals surface area contributed by atoms with Crippen LogP contribution in [0.5, 0.6) is 0 Å². The third-order valence-electron chi connectivity index (χ3n) is 7.33. The maximum Gasteiger partial charge on any atom is 0.490 e.